The summed E-state index contributed by atoms with van der Waals surface area (Å²) >= 11 is 5.32. The Hall–Kier alpha value is -1.10. The SMILES string of the molecule is Cc1ccn(CCCNC(=S)NC2CCCCC2)n1. The molecule has 0 saturated heterocycles. The molecule has 2 N–H and O–H groups in total. The van der Waals surface area contributed by atoms with E-state index in [-0.39, 0.29) is 0 Å². The van der Waals surface area contributed by atoms with Crippen LogP contribution in [0.1, 0.15) is 44.2 Å². The fourth-order valence-corrected chi connectivity index (χ4v) is 2.78. The van der Waals surface area contributed by atoms with Crippen LogP contribution in [0.25, 0.3) is 0 Å². The monoisotopic (exact) mass is 280 g/mol. The van der Waals surface area contributed by atoms with Crippen LogP contribution in [-0.4, -0.2) is 27.5 Å². The van der Waals surface area contributed by atoms with E-state index in [0.717, 1.165) is 30.3 Å². The first-order chi connectivity index (χ1) is 9.24. The van der Waals surface area contributed by atoms with Gasteiger partial charge in [-0.25, -0.2) is 0 Å². The van der Waals surface area contributed by atoms with E-state index in [1.807, 2.05) is 23.9 Å². The van der Waals surface area contributed by atoms with E-state index in [4.69, 9.17) is 12.2 Å². The fourth-order valence-electron chi connectivity index (χ4n) is 2.51. The van der Waals surface area contributed by atoms with Crippen molar-refractivity contribution < 1.29 is 0 Å². The van der Waals surface area contributed by atoms with Crippen LogP contribution in [0.4, 0.5) is 0 Å². The molecule has 5 heteroatoms. The van der Waals surface area contributed by atoms with Crippen LogP contribution in [0.5, 0.6) is 0 Å². The van der Waals surface area contributed by atoms with E-state index in [0.29, 0.717) is 6.04 Å². The molecule has 0 spiro atoms. The molecule has 1 aliphatic carbocycles. The van der Waals surface area contributed by atoms with Gasteiger partial charge >= 0.3 is 0 Å². The van der Waals surface area contributed by atoms with Crippen LogP contribution in [0.3, 0.4) is 0 Å². The molecule has 4 nitrogen and oxygen atoms in total. The predicted molar refractivity (Wildman–Crippen MR) is 82.2 cm³/mol. The Bertz CT molecular complexity index is 396. The average Bonchev–Trinajstić information content (AvgIpc) is 2.82. The maximum atomic E-state index is 5.32. The van der Waals surface area contributed by atoms with Crippen molar-refractivity contribution in [2.75, 3.05) is 6.54 Å². The number of thiocarbonyl (C=S) groups is 1. The number of aryl methyl sites for hydroxylation is 2. The molecule has 19 heavy (non-hydrogen) atoms. The van der Waals surface area contributed by atoms with E-state index in [1.165, 1.54) is 32.1 Å². The topological polar surface area (TPSA) is 41.9 Å². The lowest BCUT2D eigenvalue weighted by atomic mass is 9.96. The third-order valence-corrected chi connectivity index (χ3v) is 3.83. The lowest BCUT2D eigenvalue weighted by Crippen LogP contribution is -2.43. The molecule has 106 valence electrons. The predicted octanol–water partition coefficient (Wildman–Crippen LogP) is 2.38. The van der Waals surface area contributed by atoms with Crippen molar-refractivity contribution in [3.63, 3.8) is 0 Å². The Morgan fingerprint density at radius 2 is 2.21 bits per heavy atom. The van der Waals surface area contributed by atoms with Crippen molar-refractivity contribution in [3.8, 4) is 0 Å². The standard InChI is InChI=1S/C14H24N4S/c1-12-8-11-18(17-12)10-5-9-15-14(19)16-13-6-3-2-4-7-13/h8,11,13H,2-7,9-10H2,1H3,(H2,15,16,19). The molecule has 1 aromatic rings. The molecule has 0 bridgehead atoms. The van der Waals surface area contributed by atoms with Crippen molar-refractivity contribution in [1.82, 2.24) is 20.4 Å². The molecule has 0 atom stereocenters. The van der Waals surface area contributed by atoms with Crippen LogP contribution in [0, 0.1) is 6.92 Å². The van der Waals surface area contributed by atoms with E-state index >= 15 is 0 Å². The summed E-state index contributed by atoms with van der Waals surface area (Å²) < 4.78 is 1.98. The van der Waals surface area contributed by atoms with Gasteiger partial charge in [-0.1, -0.05) is 19.3 Å². The van der Waals surface area contributed by atoms with E-state index in [2.05, 4.69) is 15.7 Å². The quantitative estimate of drug-likeness (QED) is 0.642. The molecule has 1 aromatic heterocycles. The summed E-state index contributed by atoms with van der Waals surface area (Å²) in [5.74, 6) is 0. The molecule has 1 saturated carbocycles. The molecular weight excluding hydrogens is 256 g/mol. The Labute approximate surface area is 121 Å². The largest absolute Gasteiger partial charge is 0.363 e. The first kappa shape index (κ1) is 14.3. The van der Waals surface area contributed by atoms with Gasteiger partial charge in [0.1, 0.15) is 0 Å². The normalized spacial score (nSPS) is 16.3. The highest BCUT2D eigenvalue weighted by atomic mass is 32.1. The number of nitrogens with zero attached hydrogens (tertiary/aromatic N) is 2. The lowest BCUT2D eigenvalue weighted by Gasteiger charge is -2.24. The Morgan fingerprint density at radius 1 is 1.42 bits per heavy atom. The Morgan fingerprint density at radius 3 is 2.89 bits per heavy atom. The second kappa shape index (κ2) is 7.48. The third-order valence-electron chi connectivity index (χ3n) is 3.56. The summed E-state index contributed by atoms with van der Waals surface area (Å²) in [6, 6.07) is 2.62. The second-order valence-corrected chi connectivity index (χ2v) is 5.72. The van der Waals surface area contributed by atoms with Crippen molar-refractivity contribution in [2.24, 2.45) is 0 Å². The number of aromatic nitrogens is 2. The summed E-state index contributed by atoms with van der Waals surface area (Å²) in [5, 5.41) is 11.9. The van der Waals surface area contributed by atoms with E-state index in [9.17, 15) is 0 Å². The second-order valence-electron chi connectivity index (χ2n) is 5.31. The Kier molecular flexibility index (Phi) is 5.63. The van der Waals surface area contributed by atoms with Crippen molar-refractivity contribution in [2.45, 2.75) is 58.0 Å². The molecule has 1 heterocycles. The summed E-state index contributed by atoms with van der Waals surface area (Å²) in [6.45, 7) is 3.85. The zero-order valence-electron chi connectivity index (χ0n) is 11.7. The molecule has 2 rings (SSSR count). The van der Waals surface area contributed by atoms with Crippen LogP contribution in [-0.2, 0) is 6.54 Å². The molecule has 1 aliphatic rings. The van der Waals surface area contributed by atoms with Crippen molar-refractivity contribution >= 4 is 17.3 Å². The molecule has 0 aromatic carbocycles. The van der Waals surface area contributed by atoms with E-state index < -0.39 is 0 Å². The van der Waals surface area contributed by atoms with Gasteiger partial charge in [0.25, 0.3) is 0 Å². The first-order valence-electron chi connectivity index (χ1n) is 7.28. The van der Waals surface area contributed by atoms with Crippen LogP contribution in [0.2, 0.25) is 0 Å². The van der Waals surface area contributed by atoms with Gasteiger partial charge in [0.2, 0.25) is 0 Å². The van der Waals surface area contributed by atoms with Crippen LogP contribution in [0.15, 0.2) is 12.3 Å². The molecule has 0 radical (unpaired) electrons. The highest BCUT2D eigenvalue weighted by molar-refractivity contribution is 7.80. The summed E-state index contributed by atoms with van der Waals surface area (Å²) in [7, 11) is 0. The van der Waals surface area contributed by atoms with Gasteiger partial charge < -0.3 is 10.6 Å². The maximum Gasteiger partial charge on any atom is 0.166 e. The molecule has 0 amide bonds. The van der Waals surface area contributed by atoms with Gasteiger partial charge in [-0.2, -0.15) is 5.10 Å². The van der Waals surface area contributed by atoms with Crippen molar-refractivity contribution in [1.29, 1.82) is 0 Å². The zero-order valence-corrected chi connectivity index (χ0v) is 12.5. The summed E-state index contributed by atoms with van der Waals surface area (Å²) in [4.78, 5) is 0. The number of hydrogen-bond donors (Lipinski definition) is 2. The fraction of sp³-hybridized carbons (Fsp3) is 0.714. The van der Waals surface area contributed by atoms with Crippen LogP contribution >= 0.6 is 12.2 Å². The summed E-state index contributed by atoms with van der Waals surface area (Å²) in [6.07, 6.45) is 9.61. The van der Waals surface area contributed by atoms with Gasteiger partial charge in [-0.05, 0) is 44.5 Å². The van der Waals surface area contributed by atoms with Crippen molar-refractivity contribution in [3.05, 3.63) is 18.0 Å². The minimum Gasteiger partial charge on any atom is -0.363 e. The average molecular weight is 280 g/mol. The lowest BCUT2D eigenvalue weighted by molar-refractivity contribution is 0.411. The highest BCUT2D eigenvalue weighted by Crippen LogP contribution is 2.17. The summed E-state index contributed by atoms with van der Waals surface area (Å²) in [5.41, 5.74) is 1.07. The van der Waals surface area contributed by atoms with Gasteiger partial charge in [-0.3, -0.25) is 4.68 Å². The first-order valence-corrected chi connectivity index (χ1v) is 7.69. The smallest absolute Gasteiger partial charge is 0.166 e. The number of nitrogens with one attached hydrogen (secondary N) is 2. The minimum atomic E-state index is 0.586. The van der Waals surface area contributed by atoms with Gasteiger partial charge in [0, 0.05) is 25.3 Å². The molecule has 0 aliphatic heterocycles. The molecule has 0 unspecified atom stereocenters. The van der Waals surface area contributed by atoms with Crippen LogP contribution < -0.4 is 10.6 Å². The third kappa shape index (κ3) is 5.19. The maximum absolute atomic E-state index is 5.32. The van der Waals surface area contributed by atoms with Gasteiger partial charge in [0.15, 0.2) is 5.11 Å². The minimum absolute atomic E-state index is 0.586. The van der Waals surface area contributed by atoms with Gasteiger partial charge in [0.05, 0.1) is 5.69 Å². The number of hydrogen-bond acceptors (Lipinski definition) is 2. The Balaban J connectivity index is 1.56. The molecule has 1 fully saturated rings. The van der Waals surface area contributed by atoms with E-state index in [1.54, 1.807) is 0 Å². The zero-order chi connectivity index (χ0) is 13.5. The molecular formula is C14H24N4S. The highest BCUT2D eigenvalue weighted by Gasteiger charge is 2.13. The number of rotatable bonds is 5. The van der Waals surface area contributed by atoms with Gasteiger partial charge in [-0.15, -0.1) is 0 Å².